The second-order valence-corrected chi connectivity index (χ2v) is 17.8. The number of hydrogen-bond acceptors (Lipinski definition) is 1. The Bertz CT molecular complexity index is 3540. The number of para-hydroxylation sites is 1. The molecule has 0 fully saturated rings. The van der Waals surface area contributed by atoms with Crippen molar-refractivity contribution in [2.24, 2.45) is 0 Å². The predicted molar refractivity (Wildman–Crippen MR) is 283 cm³/mol. The van der Waals surface area contributed by atoms with Gasteiger partial charge in [-0.3, -0.25) is 0 Å². The van der Waals surface area contributed by atoms with Crippen LogP contribution in [0.1, 0.15) is 23.6 Å². The topological polar surface area (TPSA) is 3.24 Å². The maximum Gasteiger partial charge on any atom is 0.0540 e. The largest absolute Gasteiger partial charge is 0.310 e. The molecule has 0 aromatic heterocycles. The molecule has 0 aliphatic heterocycles. The van der Waals surface area contributed by atoms with Crippen LogP contribution in [0.5, 0.6) is 0 Å². The van der Waals surface area contributed by atoms with Crippen molar-refractivity contribution in [3.05, 3.63) is 284 Å². The maximum atomic E-state index is 2.41. The SMILES string of the molecule is CC1(c2ccccc2)c2ccccc2-c2c(-c3ccc(N(c4ccc(-c5ccc(-c6ccccc6)cc5)cc4)c4ccccc4-c4ccc(-c5ccc6ccccc6c5)cc4)cc3)cccc21. The molecule has 0 heterocycles. The van der Waals surface area contributed by atoms with Gasteiger partial charge in [0, 0.05) is 22.4 Å². The van der Waals surface area contributed by atoms with Crippen molar-refractivity contribution in [1.29, 1.82) is 0 Å². The van der Waals surface area contributed by atoms with Crippen molar-refractivity contribution in [2.45, 2.75) is 12.3 Å². The highest BCUT2D eigenvalue weighted by Gasteiger charge is 2.41. The fourth-order valence-corrected chi connectivity index (χ4v) is 10.5. The second kappa shape index (κ2) is 16.8. The minimum absolute atomic E-state index is 0.257. The van der Waals surface area contributed by atoms with Crippen molar-refractivity contribution < 1.29 is 0 Å². The summed E-state index contributed by atoms with van der Waals surface area (Å²) in [5.41, 5.74) is 21.6. The Labute approximate surface area is 393 Å². The van der Waals surface area contributed by atoms with Crippen LogP contribution in [-0.4, -0.2) is 0 Å². The normalized spacial score (nSPS) is 13.8. The van der Waals surface area contributed by atoms with Crippen LogP contribution in [0.25, 0.3) is 77.5 Å². The molecular weight excluding hydrogens is 807 g/mol. The number of nitrogens with zero attached hydrogens (tertiary/aromatic N) is 1. The first-order valence-corrected chi connectivity index (χ1v) is 23.2. The Morgan fingerprint density at radius 2 is 0.716 bits per heavy atom. The van der Waals surface area contributed by atoms with Crippen molar-refractivity contribution in [3.8, 4) is 66.8 Å². The molecule has 0 saturated heterocycles. The van der Waals surface area contributed by atoms with Gasteiger partial charge in [-0.15, -0.1) is 0 Å². The molecule has 0 bridgehead atoms. The van der Waals surface area contributed by atoms with Crippen LogP contribution >= 0.6 is 0 Å². The van der Waals surface area contributed by atoms with Gasteiger partial charge in [-0.05, 0) is 132 Å². The molecule has 0 N–H and O–H groups in total. The van der Waals surface area contributed by atoms with Gasteiger partial charge in [-0.25, -0.2) is 0 Å². The molecule has 1 nitrogen and oxygen atoms in total. The molecule has 0 saturated carbocycles. The van der Waals surface area contributed by atoms with E-state index in [-0.39, 0.29) is 5.41 Å². The monoisotopic (exact) mass is 853 g/mol. The molecule has 12 rings (SSSR count). The van der Waals surface area contributed by atoms with Crippen molar-refractivity contribution in [1.82, 2.24) is 0 Å². The van der Waals surface area contributed by atoms with E-state index >= 15 is 0 Å². The lowest BCUT2D eigenvalue weighted by Crippen LogP contribution is -2.22. The summed E-state index contributed by atoms with van der Waals surface area (Å²) in [6, 6.07) is 97.6. The fraction of sp³-hybridized carbons (Fsp3) is 0.0303. The molecular formula is C66H47N. The first-order chi connectivity index (χ1) is 33.1. The summed E-state index contributed by atoms with van der Waals surface area (Å²) < 4.78 is 0. The number of rotatable bonds is 9. The molecule has 0 spiro atoms. The lowest BCUT2D eigenvalue weighted by molar-refractivity contribution is 0.714. The molecule has 1 heteroatoms. The van der Waals surface area contributed by atoms with Gasteiger partial charge >= 0.3 is 0 Å². The van der Waals surface area contributed by atoms with Crippen LogP contribution in [0, 0.1) is 0 Å². The minimum Gasteiger partial charge on any atom is -0.310 e. The van der Waals surface area contributed by atoms with Crippen LogP contribution in [0.15, 0.2) is 267 Å². The number of hydrogen-bond donors (Lipinski definition) is 0. The summed E-state index contributed by atoms with van der Waals surface area (Å²) in [5, 5.41) is 2.50. The van der Waals surface area contributed by atoms with Crippen LogP contribution in [0.4, 0.5) is 17.1 Å². The number of benzene rings is 11. The first kappa shape index (κ1) is 40.0. The Morgan fingerprint density at radius 3 is 1.39 bits per heavy atom. The third-order valence-corrected chi connectivity index (χ3v) is 14.0. The Morgan fingerprint density at radius 1 is 0.284 bits per heavy atom. The van der Waals surface area contributed by atoms with E-state index in [2.05, 4.69) is 279 Å². The molecule has 0 amide bonds. The van der Waals surface area contributed by atoms with Gasteiger partial charge in [0.1, 0.15) is 0 Å². The maximum absolute atomic E-state index is 2.41. The fourth-order valence-electron chi connectivity index (χ4n) is 10.5. The highest BCUT2D eigenvalue weighted by atomic mass is 15.1. The predicted octanol–water partition coefficient (Wildman–Crippen LogP) is 18.0. The quantitative estimate of drug-likeness (QED) is 0.140. The van der Waals surface area contributed by atoms with Gasteiger partial charge < -0.3 is 4.90 Å². The molecule has 1 atom stereocenters. The van der Waals surface area contributed by atoms with E-state index in [1.165, 1.54) is 83.1 Å². The van der Waals surface area contributed by atoms with Gasteiger partial charge in [-0.2, -0.15) is 0 Å². The smallest absolute Gasteiger partial charge is 0.0540 e. The van der Waals surface area contributed by atoms with Crippen LogP contribution in [0.2, 0.25) is 0 Å². The van der Waals surface area contributed by atoms with Gasteiger partial charge in [-0.1, -0.05) is 231 Å². The molecule has 11 aromatic rings. The Balaban J connectivity index is 0.941. The summed E-state index contributed by atoms with van der Waals surface area (Å²) in [5.74, 6) is 0. The molecule has 67 heavy (non-hydrogen) atoms. The molecule has 316 valence electrons. The van der Waals surface area contributed by atoms with E-state index in [1.54, 1.807) is 0 Å². The average Bonchev–Trinajstić information content (AvgIpc) is 3.68. The van der Waals surface area contributed by atoms with Crippen LogP contribution in [-0.2, 0) is 5.41 Å². The highest BCUT2D eigenvalue weighted by Crippen LogP contribution is 2.55. The third kappa shape index (κ3) is 7.13. The lowest BCUT2D eigenvalue weighted by atomic mass is 9.74. The van der Waals surface area contributed by atoms with Gasteiger partial charge in [0.05, 0.1) is 5.69 Å². The average molecular weight is 854 g/mol. The van der Waals surface area contributed by atoms with Crippen molar-refractivity contribution in [3.63, 3.8) is 0 Å². The lowest BCUT2D eigenvalue weighted by Gasteiger charge is -2.29. The van der Waals surface area contributed by atoms with Crippen molar-refractivity contribution >= 4 is 27.8 Å². The summed E-state index contributed by atoms with van der Waals surface area (Å²) in [6.07, 6.45) is 0. The summed E-state index contributed by atoms with van der Waals surface area (Å²) >= 11 is 0. The standard InChI is InChI=1S/C66H47N/c1-66(56-19-6-3-7-20-56)62-24-12-10-22-61(62)65-60(23-14-25-63(65)66)53-39-43-58(44-40-53)67(57-41-37-50(38-42-57)49-29-27-48(28-30-49)46-15-4-2-5-16-46)64-26-13-11-21-59(64)52-34-31-51(32-35-52)55-36-33-47-17-8-9-18-54(47)45-55/h2-45H,1H3. The Hall–Kier alpha value is -8.52. The van der Waals surface area contributed by atoms with Crippen LogP contribution in [0.3, 0.4) is 0 Å². The zero-order valence-electron chi connectivity index (χ0n) is 37.4. The van der Waals surface area contributed by atoms with E-state index < -0.39 is 0 Å². The van der Waals surface area contributed by atoms with Gasteiger partial charge in [0.25, 0.3) is 0 Å². The zero-order valence-corrected chi connectivity index (χ0v) is 37.4. The minimum atomic E-state index is -0.257. The molecule has 1 aliphatic rings. The van der Waals surface area contributed by atoms with Gasteiger partial charge in [0.15, 0.2) is 0 Å². The molecule has 1 unspecified atom stereocenters. The molecule has 0 radical (unpaired) electrons. The van der Waals surface area contributed by atoms with E-state index in [0.717, 1.165) is 28.2 Å². The summed E-state index contributed by atoms with van der Waals surface area (Å²) in [7, 11) is 0. The van der Waals surface area contributed by atoms with E-state index in [9.17, 15) is 0 Å². The third-order valence-electron chi connectivity index (χ3n) is 14.0. The second-order valence-electron chi connectivity index (χ2n) is 17.8. The number of anilines is 3. The molecule has 1 aliphatic carbocycles. The summed E-state index contributed by atoms with van der Waals surface area (Å²) in [6.45, 7) is 2.39. The number of fused-ring (bicyclic) bond motifs is 4. The first-order valence-electron chi connectivity index (χ1n) is 23.2. The van der Waals surface area contributed by atoms with Crippen LogP contribution < -0.4 is 4.90 Å². The zero-order chi connectivity index (χ0) is 44.7. The van der Waals surface area contributed by atoms with E-state index in [0.29, 0.717) is 0 Å². The van der Waals surface area contributed by atoms with E-state index in [1.807, 2.05) is 0 Å². The molecule has 11 aromatic carbocycles. The highest BCUT2D eigenvalue weighted by molar-refractivity contribution is 5.95. The van der Waals surface area contributed by atoms with Gasteiger partial charge in [0.2, 0.25) is 0 Å². The van der Waals surface area contributed by atoms with Crippen molar-refractivity contribution in [2.75, 3.05) is 4.90 Å². The van der Waals surface area contributed by atoms with E-state index in [4.69, 9.17) is 0 Å². The Kier molecular flexibility index (Phi) is 10.0. The summed E-state index contributed by atoms with van der Waals surface area (Å²) in [4.78, 5) is 2.41.